The van der Waals surface area contributed by atoms with Crippen LogP contribution >= 0.6 is 0 Å². The van der Waals surface area contributed by atoms with E-state index in [0.29, 0.717) is 6.04 Å². The smallest absolute Gasteiger partial charge is 0.260 e. The summed E-state index contributed by atoms with van der Waals surface area (Å²) in [5.74, 6) is 0.852. The second-order valence-electron chi connectivity index (χ2n) is 5.99. The number of amides is 1. The predicted molar refractivity (Wildman–Crippen MR) is 84.4 cm³/mol. The van der Waals surface area contributed by atoms with E-state index in [4.69, 9.17) is 10.5 Å². The van der Waals surface area contributed by atoms with Crippen LogP contribution in [0.15, 0.2) is 18.2 Å². The van der Waals surface area contributed by atoms with Gasteiger partial charge in [-0.25, -0.2) is 0 Å². The largest absolute Gasteiger partial charge is 0.483 e. The van der Waals surface area contributed by atoms with Crippen molar-refractivity contribution < 1.29 is 9.53 Å². The number of carbonyl (C=O) groups excluding carboxylic acids is 1. The molecule has 0 aliphatic heterocycles. The molecule has 2 N–H and O–H groups in total. The molecule has 0 aromatic heterocycles. The van der Waals surface area contributed by atoms with E-state index in [1.165, 1.54) is 5.56 Å². The number of hydrogen-bond donors (Lipinski definition) is 1. The average Bonchev–Trinajstić information content (AvgIpc) is 3.22. The lowest BCUT2D eigenvalue weighted by Gasteiger charge is -2.21. The molecular formula is C17H26N2O2. The van der Waals surface area contributed by atoms with Gasteiger partial charge >= 0.3 is 0 Å². The molecule has 0 spiro atoms. The number of carbonyl (C=O) groups is 1. The maximum absolute atomic E-state index is 12.2. The summed E-state index contributed by atoms with van der Waals surface area (Å²) in [5, 5.41) is 0. The van der Waals surface area contributed by atoms with Gasteiger partial charge in [0.25, 0.3) is 5.91 Å². The van der Waals surface area contributed by atoms with Crippen LogP contribution in [-0.4, -0.2) is 36.0 Å². The zero-order valence-corrected chi connectivity index (χ0v) is 13.3. The summed E-state index contributed by atoms with van der Waals surface area (Å²) in [7, 11) is 0. The summed E-state index contributed by atoms with van der Waals surface area (Å²) in [6.07, 6.45) is 3.01. The number of nitrogens with zero attached hydrogens (tertiary/aromatic N) is 1. The number of rotatable bonds is 7. The van der Waals surface area contributed by atoms with E-state index >= 15 is 0 Å². The topological polar surface area (TPSA) is 55.6 Å². The van der Waals surface area contributed by atoms with Gasteiger partial charge in [-0.2, -0.15) is 0 Å². The Morgan fingerprint density at radius 3 is 2.76 bits per heavy atom. The van der Waals surface area contributed by atoms with Gasteiger partial charge in [0.1, 0.15) is 5.75 Å². The Hall–Kier alpha value is -1.55. The van der Waals surface area contributed by atoms with E-state index < -0.39 is 0 Å². The van der Waals surface area contributed by atoms with Gasteiger partial charge in [-0.05, 0) is 51.7 Å². The summed E-state index contributed by atoms with van der Waals surface area (Å²) in [6, 6.07) is 6.54. The van der Waals surface area contributed by atoms with Crippen molar-refractivity contribution in [2.24, 2.45) is 5.73 Å². The minimum Gasteiger partial charge on any atom is -0.483 e. The van der Waals surface area contributed by atoms with E-state index in [0.717, 1.165) is 37.1 Å². The monoisotopic (exact) mass is 290 g/mol. The lowest BCUT2D eigenvalue weighted by atomic mass is 10.0. The van der Waals surface area contributed by atoms with Crippen LogP contribution in [0.3, 0.4) is 0 Å². The van der Waals surface area contributed by atoms with Crippen LogP contribution in [0.1, 0.15) is 37.8 Å². The van der Waals surface area contributed by atoms with Gasteiger partial charge in [-0.15, -0.1) is 0 Å². The first-order valence-corrected chi connectivity index (χ1v) is 7.78. The Morgan fingerprint density at radius 2 is 2.19 bits per heavy atom. The van der Waals surface area contributed by atoms with Gasteiger partial charge in [0.15, 0.2) is 6.61 Å². The highest BCUT2D eigenvalue weighted by molar-refractivity contribution is 5.78. The standard InChI is InChI=1S/C17H26N2O2/c1-4-19(15-6-7-15)17(20)11-21-16-8-5-12(2)9-14(16)10-13(3)18/h5,8-9,13,15H,4,6-7,10-11,18H2,1-3H3. The van der Waals surface area contributed by atoms with Crippen molar-refractivity contribution in [1.29, 1.82) is 0 Å². The van der Waals surface area contributed by atoms with Gasteiger partial charge in [-0.3, -0.25) is 4.79 Å². The SMILES string of the molecule is CCN(C(=O)COc1ccc(C)cc1CC(C)N)C1CC1. The summed E-state index contributed by atoms with van der Waals surface area (Å²) < 4.78 is 5.77. The second-order valence-corrected chi connectivity index (χ2v) is 5.99. The molecule has 1 atom stereocenters. The third-order valence-corrected chi connectivity index (χ3v) is 3.76. The van der Waals surface area contributed by atoms with Gasteiger partial charge < -0.3 is 15.4 Å². The molecule has 4 heteroatoms. The van der Waals surface area contributed by atoms with Gasteiger partial charge in [0.05, 0.1) is 0 Å². The molecule has 0 saturated heterocycles. The first kappa shape index (κ1) is 15.8. The lowest BCUT2D eigenvalue weighted by molar-refractivity contribution is -0.133. The molecule has 21 heavy (non-hydrogen) atoms. The van der Waals surface area contributed by atoms with Crippen LogP contribution in [0.2, 0.25) is 0 Å². The zero-order chi connectivity index (χ0) is 15.4. The Bertz CT molecular complexity index is 496. The number of benzene rings is 1. The lowest BCUT2D eigenvalue weighted by Crippen LogP contribution is -2.36. The highest BCUT2D eigenvalue weighted by atomic mass is 16.5. The Kier molecular flexibility index (Phi) is 5.23. The summed E-state index contributed by atoms with van der Waals surface area (Å²) in [4.78, 5) is 14.1. The molecule has 1 aromatic rings. The molecule has 0 bridgehead atoms. The summed E-state index contributed by atoms with van der Waals surface area (Å²) >= 11 is 0. The Labute approximate surface area is 127 Å². The van der Waals surface area contributed by atoms with Crippen molar-refractivity contribution in [2.75, 3.05) is 13.2 Å². The molecule has 1 saturated carbocycles. The van der Waals surface area contributed by atoms with E-state index in [9.17, 15) is 4.79 Å². The molecular weight excluding hydrogens is 264 g/mol. The molecule has 0 heterocycles. The molecule has 1 unspecified atom stereocenters. The van der Waals surface area contributed by atoms with Crippen molar-refractivity contribution in [3.05, 3.63) is 29.3 Å². The fraction of sp³-hybridized carbons (Fsp3) is 0.588. The second kappa shape index (κ2) is 6.94. The normalized spacial score (nSPS) is 15.6. The third kappa shape index (κ3) is 4.46. The van der Waals surface area contributed by atoms with Crippen LogP contribution < -0.4 is 10.5 Å². The number of hydrogen-bond acceptors (Lipinski definition) is 3. The Balaban J connectivity index is 2.00. The molecule has 1 amide bonds. The minimum absolute atomic E-state index is 0.0726. The molecule has 0 radical (unpaired) electrons. The van der Waals surface area contributed by atoms with Gasteiger partial charge in [0, 0.05) is 18.6 Å². The number of likely N-dealkylation sites (N-methyl/N-ethyl adjacent to an activating group) is 1. The predicted octanol–water partition coefficient (Wildman–Crippen LogP) is 2.27. The van der Waals surface area contributed by atoms with Crippen LogP contribution in [-0.2, 0) is 11.2 Å². The van der Waals surface area contributed by atoms with E-state index in [1.54, 1.807) is 0 Å². The molecule has 116 valence electrons. The van der Waals surface area contributed by atoms with Crippen LogP contribution in [0.25, 0.3) is 0 Å². The highest BCUT2D eigenvalue weighted by Crippen LogP contribution is 2.27. The number of nitrogens with two attached hydrogens (primary N) is 1. The van der Waals surface area contributed by atoms with Crippen LogP contribution in [0, 0.1) is 6.92 Å². The average molecular weight is 290 g/mol. The van der Waals surface area contributed by atoms with E-state index in [1.807, 2.05) is 37.8 Å². The van der Waals surface area contributed by atoms with Crippen LogP contribution in [0.4, 0.5) is 0 Å². The van der Waals surface area contributed by atoms with Gasteiger partial charge in [-0.1, -0.05) is 17.7 Å². The number of ether oxygens (including phenoxy) is 1. The fourth-order valence-corrected chi connectivity index (χ4v) is 2.60. The molecule has 1 fully saturated rings. The summed E-state index contributed by atoms with van der Waals surface area (Å²) in [6.45, 7) is 6.91. The van der Waals surface area contributed by atoms with Crippen molar-refractivity contribution in [3.8, 4) is 5.75 Å². The van der Waals surface area contributed by atoms with Crippen LogP contribution in [0.5, 0.6) is 5.75 Å². The van der Waals surface area contributed by atoms with E-state index in [2.05, 4.69) is 6.07 Å². The van der Waals surface area contributed by atoms with Crippen molar-refractivity contribution in [1.82, 2.24) is 4.90 Å². The first-order valence-electron chi connectivity index (χ1n) is 7.78. The third-order valence-electron chi connectivity index (χ3n) is 3.76. The quantitative estimate of drug-likeness (QED) is 0.838. The van der Waals surface area contributed by atoms with E-state index in [-0.39, 0.29) is 18.6 Å². The first-order chi connectivity index (χ1) is 10.0. The maximum Gasteiger partial charge on any atom is 0.260 e. The van der Waals surface area contributed by atoms with Gasteiger partial charge in [0.2, 0.25) is 0 Å². The highest BCUT2D eigenvalue weighted by Gasteiger charge is 2.31. The minimum atomic E-state index is 0.0726. The fourth-order valence-electron chi connectivity index (χ4n) is 2.60. The summed E-state index contributed by atoms with van der Waals surface area (Å²) in [5.41, 5.74) is 8.14. The molecule has 1 aliphatic carbocycles. The van der Waals surface area contributed by atoms with Crippen molar-refractivity contribution in [2.45, 2.75) is 52.1 Å². The Morgan fingerprint density at radius 1 is 1.48 bits per heavy atom. The van der Waals surface area contributed by atoms with Crippen molar-refractivity contribution >= 4 is 5.91 Å². The molecule has 4 nitrogen and oxygen atoms in total. The van der Waals surface area contributed by atoms with Crippen molar-refractivity contribution in [3.63, 3.8) is 0 Å². The molecule has 1 aliphatic rings. The zero-order valence-electron chi connectivity index (χ0n) is 13.3. The maximum atomic E-state index is 12.2. The molecule has 1 aromatic carbocycles. The number of aryl methyl sites for hydroxylation is 1. The molecule has 2 rings (SSSR count).